The zero-order valence-electron chi connectivity index (χ0n) is 11.8. The Balaban J connectivity index is 2.32. The number of nitrogens with one attached hydrogen (secondary N) is 1. The van der Waals surface area contributed by atoms with Gasteiger partial charge in [0, 0.05) is 33.9 Å². The molecule has 0 aromatic heterocycles. The third-order valence-corrected chi connectivity index (χ3v) is 4.81. The van der Waals surface area contributed by atoms with Crippen molar-refractivity contribution in [1.82, 2.24) is 5.32 Å². The molecule has 1 aliphatic rings. The van der Waals surface area contributed by atoms with Crippen LogP contribution in [0.4, 0.5) is 5.69 Å². The SMILES string of the molecule is CCC1(C)CN(c2cc(I)ccc2C)C(C)CN1. The molecule has 1 aromatic rings. The maximum Gasteiger partial charge on any atom is 0.0410 e. The second kappa shape index (κ2) is 5.37. The zero-order valence-corrected chi connectivity index (χ0v) is 13.9. The number of piperazine rings is 1. The van der Waals surface area contributed by atoms with Crippen molar-refractivity contribution in [3.8, 4) is 0 Å². The lowest BCUT2D eigenvalue weighted by Gasteiger charge is -2.46. The molecule has 1 aliphatic heterocycles. The molecule has 18 heavy (non-hydrogen) atoms. The van der Waals surface area contributed by atoms with Gasteiger partial charge in [-0.3, -0.25) is 0 Å². The molecule has 2 nitrogen and oxygen atoms in total. The van der Waals surface area contributed by atoms with Crippen LogP contribution in [0.2, 0.25) is 0 Å². The molecule has 3 heteroatoms. The van der Waals surface area contributed by atoms with Crippen LogP contribution in [0.25, 0.3) is 0 Å². The lowest BCUT2D eigenvalue weighted by atomic mass is 9.93. The Morgan fingerprint density at radius 2 is 2.22 bits per heavy atom. The van der Waals surface area contributed by atoms with E-state index in [9.17, 15) is 0 Å². The van der Waals surface area contributed by atoms with Crippen molar-refractivity contribution in [3.05, 3.63) is 27.3 Å². The van der Waals surface area contributed by atoms with E-state index in [0.29, 0.717) is 6.04 Å². The Bertz CT molecular complexity index is 433. The number of rotatable bonds is 2. The molecule has 1 saturated heterocycles. The first-order valence-electron chi connectivity index (χ1n) is 6.73. The average molecular weight is 358 g/mol. The summed E-state index contributed by atoms with van der Waals surface area (Å²) >= 11 is 2.40. The van der Waals surface area contributed by atoms with Gasteiger partial charge in [0.25, 0.3) is 0 Å². The van der Waals surface area contributed by atoms with Crippen LogP contribution in [-0.4, -0.2) is 24.7 Å². The second-order valence-corrected chi connectivity index (χ2v) is 6.95. The molecule has 0 spiro atoms. The van der Waals surface area contributed by atoms with Crippen LogP contribution in [0.5, 0.6) is 0 Å². The first-order chi connectivity index (χ1) is 8.45. The molecule has 0 bridgehead atoms. The van der Waals surface area contributed by atoms with Crippen molar-refractivity contribution in [2.45, 2.75) is 45.7 Å². The molecule has 0 aliphatic carbocycles. The van der Waals surface area contributed by atoms with Crippen molar-refractivity contribution in [1.29, 1.82) is 0 Å². The Morgan fingerprint density at radius 1 is 1.50 bits per heavy atom. The zero-order chi connectivity index (χ0) is 13.3. The van der Waals surface area contributed by atoms with Gasteiger partial charge in [-0.1, -0.05) is 13.0 Å². The van der Waals surface area contributed by atoms with Crippen LogP contribution in [0, 0.1) is 10.5 Å². The minimum absolute atomic E-state index is 0.236. The number of anilines is 1. The predicted molar refractivity (Wildman–Crippen MR) is 87.4 cm³/mol. The van der Waals surface area contributed by atoms with Crippen LogP contribution in [0.15, 0.2) is 18.2 Å². The highest BCUT2D eigenvalue weighted by atomic mass is 127. The monoisotopic (exact) mass is 358 g/mol. The summed E-state index contributed by atoms with van der Waals surface area (Å²) in [6, 6.07) is 7.29. The molecule has 100 valence electrons. The Morgan fingerprint density at radius 3 is 2.89 bits per heavy atom. The summed E-state index contributed by atoms with van der Waals surface area (Å²) in [4.78, 5) is 2.57. The van der Waals surface area contributed by atoms with Gasteiger partial charge in [0.2, 0.25) is 0 Å². The van der Waals surface area contributed by atoms with E-state index in [-0.39, 0.29) is 5.54 Å². The van der Waals surface area contributed by atoms with Crippen molar-refractivity contribution in [3.63, 3.8) is 0 Å². The summed E-state index contributed by atoms with van der Waals surface area (Å²) in [6.45, 7) is 11.3. The minimum atomic E-state index is 0.236. The molecule has 1 heterocycles. The van der Waals surface area contributed by atoms with Crippen LogP contribution >= 0.6 is 22.6 Å². The Hall–Kier alpha value is -0.290. The maximum atomic E-state index is 3.69. The second-order valence-electron chi connectivity index (χ2n) is 5.70. The normalized spacial score (nSPS) is 28.5. The summed E-state index contributed by atoms with van der Waals surface area (Å²) in [7, 11) is 0. The summed E-state index contributed by atoms with van der Waals surface area (Å²) < 4.78 is 1.32. The van der Waals surface area contributed by atoms with E-state index in [0.717, 1.165) is 13.1 Å². The standard InChI is InChI=1S/C15H23IN2/c1-5-15(4)10-18(12(3)9-17-15)14-8-13(16)7-6-11(14)2/h6-8,12,17H,5,9-10H2,1-4H3. The molecular weight excluding hydrogens is 335 g/mol. The van der Waals surface area contributed by atoms with Crippen molar-refractivity contribution in [2.24, 2.45) is 0 Å². The van der Waals surface area contributed by atoms with Gasteiger partial charge in [-0.25, -0.2) is 0 Å². The van der Waals surface area contributed by atoms with E-state index in [1.54, 1.807) is 0 Å². The Labute approximate surface area is 124 Å². The summed E-state index contributed by atoms with van der Waals surface area (Å²) in [5.74, 6) is 0. The quantitative estimate of drug-likeness (QED) is 0.814. The fourth-order valence-corrected chi connectivity index (χ4v) is 3.02. The van der Waals surface area contributed by atoms with Crippen LogP contribution in [0.3, 0.4) is 0 Å². The molecule has 1 fully saturated rings. The van der Waals surface area contributed by atoms with Gasteiger partial charge in [0.05, 0.1) is 0 Å². The number of aryl methyl sites for hydroxylation is 1. The molecule has 0 amide bonds. The smallest absolute Gasteiger partial charge is 0.0410 e. The number of hydrogen-bond acceptors (Lipinski definition) is 2. The summed E-state index contributed by atoms with van der Waals surface area (Å²) in [5.41, 5.74) is 3.01. The van der Waals surface area contributed by atoms with E-state index in [1.165, 1.54) is 21.2 Å². The molecule has 2 atom stereocenters. The van der Waals surface area contributed by atoms with Crippen LogP contribution in [-0.2, 0) is 0 Å². The molecule has 2 rings (SSSR count). The Kier molecular flexibility index (Phi) is 4.22. The van der Waals surface area contributed by atoms with Crippen molar-refractivity contribution in [2.75, 3.05) is 18.0 Å². The van der Waals surface area contributed by atoms with Gasteiger partial charge in [0.15, 0.2) is 0 Å². The lowest BCUT2D eigenvalue weighted by molar-refractivity contribution is 0.285. The van der Waals surface area contributed by atoms with Gasteiger partial charge in [0.1, 0.15) is 0 Å². The number of benzene rings is 1. The average Bonchev–Trinajstić information content (AvgIpc) is 2.36. The van der Waals surface area contributed by atoms with Crippen LogP contribution in [0.1, 0.15) is 32.8 Å². The molecular formula is C15H23IN2. The summed E-state index contributed by atoms with van der Waals surface area (Å²) in [5, 5.41) is 3.69. The molecule has 0 saturated carbocycles. The third kappa shape index (κ3) is 2.82. The van der Waals surface area contributed by atoms with E-state index in [4.69, 9.17) is 0 Å². The third-order valence-electron chi connectivity index (χ3n) is 4.14. The largest absolute Gasteiger partial charge is 0.365 e. The summed E-state index contributed by atoms with van der Waals surface area (Å²) in [6.07, 6.45) is 1.17. The van der Waals surface area contributed by atoms with Gasteiger partial charge in [-0.2, -0.15) is 0 Å². The first kappa shape index (κ1) is 14.1. The maximum absolute atomic E-state index is 3.69. The fraction of sp³-hybridized carbons (Fsp3) is 0.600. The molecule has 2 unspecified atom stereocenters. The van der Waals surface area contributed by atoms with Gasteiger partial charge >= 0.3 is 0 Å². The van der Waals surface area contributed by atoms with E-state index in [2.05, 4.69) is 78.7 Å². The predicted octanol–water partition coefficient (Wildman–Crippen LogP) is 3.57. The highest BCUT2D eigenvalue weighted by molar-refractivity contribution is 14.1. The topological polar surface area (TPSA) is 15.3 Å². The lowest BCUT2D eigenvalue weighted by Crippen LogP contribution is -2.62. The number of halogens is 1. The first-order valence-corrected chi connectivity index (χ1v) is 7.81. The molecule has 1 aromatic carbocycles. The minimum Gasteiger partial charge on any atom is -0.365 e. The van der Waals surface area contributed by atoms with E-state index in [1.807, 2.05) is 0 Å². The highest BCUT2D eigenvalue weighted by Gasteiger charge is 2.33. The highest BCUT2D eigenvalue weighted by Crippen LogP contribution is 2.29. The van der Waals surface area contributed by atoms with E-state index < -0.39 is 0 Å². The van der Waals surface area contributed by atoms with Gasteiger partial charge in [-0.05, 0) is 67.5 Å². The molecule has 1 N–H and O–H groups in total. The van der Waals surface area contributed by atoms with E-state index >= 15 is 0 Å². The fourth-order valence-electron chi connectivity index (χ4n) is 2.54. The van der Waals surface area contributed by atoms with Gasteiger partial charge in [-0.15, -0.1) is 0 Å². The number of nitrogens with zero attached hydrogens (tertiary/aromatic N) is 1. The van der Waals surface area contributed by atoms with Crippen molar-refractivity contribution < 1.29 is 0 Å². The van der Waals surface area contributed by atoms with Gasteiger partial charge < -0.3 is 10.2 Å². The van der Waals surface area contributed by atoms with Crippen LogP contribution < -0.4 is 10.2 Å². The van der Waals surface area contributed by atoms with Crippen molar-refractivity contribution >= 4 is 28.3 Å². The molecule has 0 radical (unpaired) electrons. The number of hydrogen-bond donors (Lipinski definition) is 1.